The number of pyridine rings is 1. The van der Waals surface area contributed by atoms with Gasteiger partial charge in [-0.05, 0) is 23.8 Å². The molecule has 0 aliphatic heterocycles. The zero-order valence-electron chi connectivity index (χ0n) is 10.8. The van der Waals surface area contributed by atoms with E-state index in [-0.39, 0.29) is 11.3 Å². The van der Waals surface area contributed by atoms with E-state index in [1.54, 1.807) is 36.4 Å². The van der Waals surface area contributed by atoms with E-state index in [1.165, 1.54) is 6.07 Å². The van der Waals surface area contributed by atoms with Crippen molar-refractivity contribution in [1.29, 1.82) is 0 Å². The third-order valence-corrected chi connectivity index (χ3v) is 3.47. The van der Waals surface area contributed by atoms with Gasteiger partial charge in [0.15, 0.2) is 0 Å². The van der Waals surface area contributed by atoms with Crippen LogP contribution in [-0.2, 0) is 0 Å². The number of benzene rings is 2. The van der Waals surface area contributed by atoms with Gasteiger partial charge >= 0.3 is 5.97 Å². The number of carboxylic acids is 1. The molecule has 1 heterocycles. The lowest BCUT2D eigenvalue weighted by molar-refractivity contribution is 0.0696. The Morgan fingerprint density at radius 2 is 1.81 bits per heavy atom. The fourth-order valence-electron chi connectivity index (χ4n) is 2.29. The fourth-order valence-corrected chi connectivity index (χ4v) is 2.46. The molecule has 0 fully saturated rings. The first-order valence-corrected chi connectivity index (χ1v) is 6.60. The van der Waals surface area contributed by atoms with Crippen LogP contribution in [0.5, 0.6) is 0 Å². The second kappa shape index (κ2) is 5.07. The van der Waals surface area contributed by atoms with Crippen molar-refractivity contribution in [3.63, 3.8) is 0 Å². The van der Waals surface area contributed by atoms with Crippen molar-refractivity contribution in [2.45, 2.75) is 0 Å². The van der Waals surface area contributed by atoms with Crippen molar-refractivity contribution in [2.24, 2.45) is 0 Å². The standard InChI is InChI=1S/C16H10ClNO3/c17-10-6-7-11-12(8-10)18-14(9-4-2-1-3-5-9)13(15(11)19)16(20)21/h1-8H,(H,18,19)(H,20,21). The Morgan fingerprint density at radius 3 is 2.48 bits per heavy atom. The summed E-state index contributed by atoms with van der Waals surface area (Å²) in [4.78, 5) is 26.9. The minimum absolute atomic E-state index is 0.268. The second-order valence-electron chi connectivity index (χ2n) is 4.57. The quantitative estimate of drug-likeness (QED) is 0.760. The number of H-pyrrole nitrogens is 1. The van der Waals surface area contributed by atoms with E-state index < -0.39 is 11.4 Å². The minimum atomic E-state index is -1.26. The van der Waals surface area contributed by atoms with Crippen LogP contribution in [0.4, 0.5) is 0 Å². The van der Waals surface area contributed by atoms with Gasteiger partial charge in [0.2, 0.25) is 5.43 Å². The Labute approximate surface area is 124 Å². The highest BCUT2D eigenvalue weighted by Crippen LogP contribution is 2.24. The molecular weight excluding hydrogens is 290 g/mol. The van der Waals surface area contributed by atoms with Gasteiger partial charge in [-0.15, -0.1) is 0 Å². The highest BCUT2D eigenvalue weighted by molar-refractivity contribution is 6.31. The number of halogens is 1. The summed E-state index contributed by atoms with van der Waals surface area (Å²) in [6.45, 7) is 0. The molecule has 104 valence electrons. The summed E-state index contributed by atoms with van der Waals surface area (Å²) in [5.74, 6) is -1.26. The predicted molar refractivity (Wildman–Crippen MR) is 82.0 cm³/mol. The Balaban J connectivity index is 2.45. The molecule has 0 radical (unpaired) electrons. The molecule has 0 saturated heterocycles. The molecule has 0 aliphatic rings. The van der Waals surface area contributed by atoms with Gasteiger partial charge in [0, 0.05) is 10.4 Å². The molecule has 3 rings (SSSR count). The number of carboxylic acid groups (broad SMARTS) is 1. The predicted octanol–water partition coefficient (Wildman–Crippen LogP) is 3.55. The van der Waals surface area contributed by atoms with Gasteiger partial charge < -0.3 is 10.1 Å². The maximum absolute atomic E-state index is 12.4. The molecule has 0 atom stereocenters. The van der Waals surface area contributed by atoms with Crippen molar-refractivity contribution >= 4 is 28.5 Å². The summed E-state index contributed by atoms with van der Waals surface area (Å²) in [5, 5.41) is 10.2. The molecule has 21 heavy (non-hydrogen) atoms. The van der Waals surface area contributed by atoms with Crippen LogP contribution in [0.1, 0.15) is 10.4 Å². The minimum Gasteiger partial charge on any atom is -0.477 e. The van der Waals surface area contributed by atoms with Gasteiger partial charge in [-0.1, -0.05) is 41.9 Å². The third kappa shape index (κ3) is 2.30. The van der Waals surface area contributed by atoms with Crippen LogP contribution >= 0.6 is 11.6 Å². The van der Waals surface area contributed by atoms with E-state index in [9.17, 15) is 14.7 Å². The highest BCUT2D eigenvalue weighted by Gasteiger charge is 2.19. The van der Waals surface area contributed by atoms with Crippen LogP contribution in [0.25, 0.3) is 22.2 Å². The number of rotatable bonds is 2. The zero-order chi connectivity index (χ0) is 15.0. The van der Waals surface area contributed by atoms with E-state index >= 15 is 0 Å². The number of nitrogens with one attached hydrogen (secondary N) is 1. The molecule has 2 aromatic carbocycles. The smallest absolute Gasteiger partial charge is 0.341 e. The van der Waals surface area contributed by atoms with Crippen LogP contribution in [0, 0.1) is 0 Å². The summed E-state index contributed by atoms with van der Waals surface area (Å²) in [5.41, 5.74) is 0.635. The molecule has 4 nitrogen and oxygen atoms in total. The van der Waals surface area contributed by atoms with E-state index in [0.29, 0.717) is 21.5 Å². The van der Waals surface area contributed by atoms with E-state index in [2.05, 4.69) is 4.98 Å². The summed E-state index contributed by atoms with van der Waals surface area (Å²) in [6.07, 6.45) is 0. The lowest BCUT2D eigenvalue weighted by Gasteiger charge is -2.09. The summed E-state index contributed by atoms with van der Waals surface area (Å²) >= 11 is 5.93. The third-order valence-electron chi connectivity index (χ3n) is 3.24. The van der Waals surface area contributed by atoms with Gasteiger partial charge in [0.25, 0.3) is 0 Å². The van der Waals surface area contributed by atoms with Gasteiger partial charge in [0.05, 0.1) is 11.2 Å². The lowest BCUT2D eigenvalue weighted by atomic mass is 10.0. The largest absolute Gasteiger partial charge is 0.477 e. The molecular formula is C16H10ClNO3. The summed E-state index contributed by atoms with van der Waals surface area (Å²) in [7, 11) is 0. The number of fused-ring (bicyclic) bond motifs is 1. The van der Waals surface area contributed by atoms with Crippen LogP contribution in [0.15, 0.2) is 53.3 Å². The van der Waals surface area contributed by atoms with Gasteiger partial charge in [-0.25, -0.2) is 4.79 Å². The number of hydrogen-bond acceptors (Lipinski definition) is 2. The Bertz CT molecular complexity index is 901. The van der Waals surface area contributed by atoms with Crippen molar-refractivity contribution in [3.05, 3.63) is 69.3 Å². The number of hydrogen-bond donors (Lipinski definition) is 2. The highest BCUT2D eigenvalue weighted by atomic mass is 35.5. The molecule has 3 aromatic rings. The number of aromatic amines is 1. The molecule has 0 unspecified atom stereocenters. The second-order valence-corrected chi connectivity index (χ2v) is 5.00. The molecule has 0 amide bonds. The van der Waals surface area contributed by atoms with Gasteiger partial charge in [0.1, 0.15) is 5.56 Å². The van der Waals surface area contributed by atoms with Crippen LogP contribution in [0.3, 0.4) is 0 Å². The average Bonchev–Trinajstić information content (AvgIpc) is 2.47. The van der Waals surface area contributed by atoms with Crippen molar-refractivity contribution in [2.75, 3.05) is 0 Å². The first-order valence-electron chi connectivity index (χ1n) is 6.22. The summed E-state index contributed by atoms with van der Waals surface area (Å²) < 4.78 is 0. The monoisotopic (exact) mass is 299 g/mol. The molecule has 1 aromatic heterocycles. The Hall–Kier alpha value is -2.59. The Kier molecular flexibility index (Phi) is 3.23. The van der Waals surface area contributed by atoms with Crippen molar-refractivity contribution in [3.8, 4) is 11.3 Å². The van der Waals surface area contributed by atoms with Crippen molar-refractivity contribution in [1.82, 2.24) is 4.98 Å². The zero-order valence-corrected chi connectivity index (χ0v) is 11.5. The number of aromatic nitrogens is 1. The van der Waals surface area contributed by atoms with Crippen LogP contribution < -0.4 is 5.43 Å². The fraction of sp³-hybridized carbons (Fsp3) is 0. The molecule has 0 bridgehead atoms. The SMILES string of the molecule is O=C(O)c1c(-c2ccccc2)[nH]c2cc(Cl)ccc2c1=O. The average molecular weight is 300 g/mol. The molecule has 0 saturated carbocycles. The van der Waals surface area contributed by atoms with Gasteiger partial charge in [-0.2, -0.15) is 0 Å². The maximum atomic E-state index is 12.4. The summed E-state index contributed by atoms with van der Waals surface area (Å²) in [6, 6.07) is 13.6. The topological polar surface area (TPSA) is 70.2 Å². The lowest BCUT2D eigenvalue weighted by Crippen LogP contribution is -2.18. The molecule has 2 N–H and O–H groups in total. The number of carbonyl (C=O) groups is 1. The molecule has 5 heteroatoms. The normalized spacial score (nSPS) is 10.7. The number of aromatic carboxylic acids is 1. The van der Waals surface area contributed by atoms with E-state index in [1.807, 2.05) is 6.07 Å². The maximum Gasteiger partial charge on any atom is 0.341 e. The first-order chi connectivity index (χ1) is 10.1. The van der Waals surface area contributed by atoms with Crippen LogP contribution in [0.2, 0.25) is 5.02 Å². The van der Waals surface area contributed by atoms with E-state index in [4.69, 9.17) is 11.6 Å². The van der Waals surface area contributed by atoms with Crippen LogP contribution in [-0.4, -0.2) is 16.1 Å². The first kappa shape index (κ1) is 13.4. The molecule has 0 spiro atoms. The van der Waals surface area contributed by atoms with Gasteiger partial charge in [-0.3, -0.25) is 4.79 Å². The molecule has 0 aliphatic carbocycles. The Morgan fingerprint density at radius 1 is 1.10 bits per heavy atom. The van der Waals surface area contributed by atoms with E-state index in [0.717, 1.165) is 0 Å². The van der Waals surface area contributed by atoms with Crippen molar-refractivity contribution < 1.29 is 9.90 Å².